The van der Waals surface area contributed by atoms with Crippen LogP contribution in [-0.4, -0.2) is 105 Å². The van der Waals surface area contributed by atoms with Gasteiger partial charge in [-0.1, -0.05) is 26.0 Å². The Kier molecular flexibility index (Phi) is 14.7. The molecular formula is C28H44N8O10. The fourth-order valence-electron chi connectivity index (χ4n) is 4.03. The van der Waals surface area contributed by atoms with E-state index in [1.54, 1.807) is 34.6 Å². The molecule has 18 nitrogen and oxygen atoms in total. The van der Waals surface area contributed by atoms with Crippen LogP contribution in [0.25, 0.3) is 0 Å². The number of carboxylic acid groups (broad SMARTS) is 1. The number of hydrogen-bond acceptors (Lipinski definition) is 10. The molecule has 0 aliphatic rings. The number of aliphatic imine (C=N–C) groups is 1. The summed E-state index contributed by atoms with van der Waals surface area (Å²) in [5, 5.41) is 35.1. The van der Waals surface area contributed by atoms with Crippen molar-refractivity contribution in [2.75, 3.05) is 20.1 Å². The van der Waals surface area contributed by atoms with Crippen molar-refractivity contribution in [1.29, 1.82) is 0 Å². The highest BCUT2D eigenvalue weighted by atomic mass is 16.7. The SMILES string of the molecule is CC(C)C(NC(=O)C(CCCN=C(N)N)N(C(=O)CN(C)C(=O)OC(C)(C)C)[N+](=O)[O-])C(=O)NC(Cc1ccc(O)cc1)C(=O)O. The number of phenols is 1. The van der Waals surface area contributed by atoms with Crippen LogP contribution in [0.4, 0.5) is 4.79 Å². The predicted octanol–water partition coefficient (Wildman–Crippen LogP) is -0.0457. The summed E-state index contributed by atoms with van der Waals surface area (Å²) in [7, 11) is 1.19. The Balaban J connectivity index is 3.28. The van der Waals surface area contributed by atoms with Crippen LogP contribution in [0.1, 0.15) is 53.0 Å². The number of nitro groups is 1. The number of hydrazine groups is 1. The lowest BCUT2D eigenvalue weighted by molar-refractivity contribution is -0.640. The fraction of sp³-hybridized carbons (Fsp3) is 0.571. The monoisotopic (exact) mass is 652 g/mol. The zero-order chi connectivity index (χ0) is 35.4. The number of likely N-dealkylation sites (N-methyl/N-ethyl adjacent to an activating group) is 1. The van der Waals surface area contributed by atoms with Crippen molar-refractivity contribution < 1.29 is 44.0 Å². The summed E-state index contributed by atoms with van der Waals surface area (Å²) in [6.45, 7) is 7.02. The normalized spacial score (nSPS) is 13.0. The summed E-state index contributed by atoms with van der Waals surface area (Å²) in [5.41, 5.74) is 10.2. The van der Waals surface area contributed by atoms with Crippen molar-refractivity contribution in [1.82, 2.24) is 20.5 Å². The smallest absolute Gasteiger partial charge is 0.410 e. The number of guanidine groups is 1. The van der Waals surface area contributed by atoms with Gasteiger partial charge in [0.2, 0.25) is 11.8 Å². The first-order valence-corrected chi connectivity index (χ1v) is 14.3. The molecule has 0 fully saturated rings. The topological polar surface area (TPSA) is 273 Å². The van der Waals surface area contributed by atoms with Gasteiger partial charge in [0.15, 0.2) is 17.0 Å². The maximum atomic E-state index is 13.6. The molecule has 0 radical (unpaired) electrons. The Hall–Kier alpha value is -5.16. The number of aliphatic carboxylic acids is 1. The number of nitrogens with one attached hydrogen (secondary N) is 2. The number of nitrogens with two attached hydrogens (primary N) is 2. The maximum Gasteiger partial charge on any atom is 0.410 e. The van der Waals surface area contributed by atoms with E-state index in [-0.39, 0.29) is 42.5 Å². The molecule has 0 aliphatic carbocycles. The van der Waals surface area contributed by atoms with Gasteiger partial charge in [-0.25, -0.2) is 19.7 Å². The molecule has 3 atom stereocenters. The van der Waals surface area contributed by atoms with E-state index in [1.165, 1.54) is 31.3 Å². The highest BCUT2D eigenvalue weighted by Gasteiger charge is 2.41. The molecule has 4 amide bonds. The number of phenolic OH excluding ortho intramolecular Hbond substituents is 1. The van der Waals surface area contributed by atoms with Gasteiger partial charge < -0.3 is 42.0 Å². The molecule has 0 aromatic heterocycles. The largest absolute Gasteiger partial charge is 0.508 e. The van der Waals surface area contributed by atoms with E-state index in [2.05, 4.69) is 15.6 Å². The molecule has 18 heteroatoms. The van der Waals surface area contributed by atoms with Crippen LogP contribution in [0, 0.1) is 16.0 Å². The van der Waals surface area contributed by atoms with Crippen molar-refractivity contribution in [3.8, 4) is 5.75 Å². The summed E-state index contributed by atoms with van der Waals surface area (Å²) in [5.74, 6) is -5.51. The molecule has 3 unspecified atom stereocenters. The van der Waals surface area contributed by atoms with Gasteiger partial charge in [-0.2, -0.15) is 0 Å². The molecule has 0 heterocycles. The Morgan fingerprint density at radius 1 is 1.07 bits per heavy atom. The van der Waals surface area contributed by atoms with Crippen LogP contribution < -0.4 is 22.1 Å². The van der Waals surface area contributed by atoms with Gasteiger partial charge in [0, 0.05) is 20.0 Å². The summed E-state index contributed by atoms with van der Waals surface area (Å²) in [4.78, 5) is 81.0. The standard InChI is InChI=1S/C28H44N8O10/c1-16(2)22(24(40)32-19(25(41)42)14-17-9-11-18(37)12-10-17)33-23(39)20(8-7-13-31-26(29)30)35(36(44)45)21(38)15-34(6)27(43)46-28(3,4)5/h9-12,16,19-20,22,37H,7-8,13-15H2,1-6H3,(H,32,40)(H,33,39)(H,41,42)(H4,29,30,31). The Morgan fingerprint density at radius 3 is 2.13 bits per heavy atom. The number of aromatic hydroxyl groups is 1. The van der Waals surface area contributed by atoms with E-state index in [1.807, 2.05) is 0 Å². The zero-order valence-corrected chi connectivity index (χ0v) is 26.8. The molecule has 1 rings (SSSR count). The highest BCUT2D eigenvalue weighted by Crippen LogP contribution is 2.15. The van der Waals surface area contributed by atoms with Crippen LogP contribution >= 0.6 is 0 Å². The van der Waals surface area contributed by atoms with E-state index in [4.69, 9.17) is 16.2 Å². The Bertz CT molecular complexity index is 1280. The van der Waals surface area contributed by atoms with Gasteiger partial charge in [0.05, 0.1) is 0 Å². The van der Waals surface area contributed by atoms with Crippen molar-refractivity contribution >= 4 is 35.7 Å². The van der Waals surface area contributed by atoms with E-state index < -0.39 is 71.0 Å². The van der Waals surface area contributed by atoms with Crippen molar-refractivity contribution in [2.24, 2.45) is 22.4 Å². The first-order valence-electron chi connectivity index (χ1n) is 14.3. The average Bonchev–Trinajstić information content (AvgIpc) is 2.92. The summed E-state index contributed by atoms with van der Waals surface area (Å²) >= 11 is 0. The van der Waals surface area contributed by atoms with Crippen LogP contribution in [0.5, 0.6) is 5.75 Å². The van der Waals surface area contributed by atoms with Gasteiger partial charge in [0.25, 0.3) is 0 Å². The number of carbonyl (C=O) groups excluding carboxylic acids is 4. The third-order valence-corrected chi connectivity index (χ3v) is 6.27. The number of carbonyl (C=O) groups is 5. The molecule has 1 aromatic carbocycles. The molecule has 0 saturated carbocycles. The second kappa shape index (κ2) is 17.4. The average molecular weight is 653 g/mol. The third-order valence-electron chi connectivity index (χ3n) is 6.27. The second-order valence-electron chi connectivity index (χ2n) is 11.8. The first kappa shape index (κ1) is 38.9. The van der Waals surface area contributed by atoms with Crippen molar-refractivity contribution in [2.45, 2.75) is 77.6 Å². The van der Waals surface area contributed by atoms with Gasteiger partial charge in [-0.05, 0) is 62.2 Å². The van der Waals surface area contributed by atoms with Crippen LogP contribution in [0.3, 0.4) is 0 Å². The maximum absolute atomic E-state index is 13.6. The van der Waals surface area contributed by atoms with E-state index in [0.29, 0.717) is 5.56 Å². The summed E-state index contributed by atoms with van der Waals surface area (Å²) < 4.78 is 5.18. The molecule has 0 bridgehead atoms. The molecule has 0 spiro atoms. The number of nitrogens with zero attached hydrogens (tertiary/aromatic N) is 4. The molecule has 0 aliphatic heterocycles. The zero-order valence-electron chi connectivity index (χ0n) is 26.8. The lowest BCUT2D eigenvalue weighted by Gasteiger charge is -2.29. The number of rotatable bonds is 16. The first-order chi connectivity index (χ1) is 21.2. The Labute approximate surface area is 266 Å². The minimum atomic E-state index is -1.79. The number of carboxylic acids is 1. The number of hydrogen-bond donors (Lipinski definition) is 6. The second-order valence-corrected chi connectivity index (χ2v) is 11.8. The quantitative estimate of drug-likeness (QED) is 0.0451. The number of ether oxygens (including phenoxy) is 1. The van der Waals surface area contributed by atoms with Crippen molar-refractivity contribution in [3.63, 3.8) is 0 Å². The van der Waals surface area contributed by atoms with Crippen LogP contribution in [0.15, 0.2) is 29.3 Å². The third kappa shape index (κ3) is 13.2. The van der Waals surface area contributed by atoms with E-state index in [9.17, 15) is 44.3 Å². The fourth-order valence-corrected chi connectivity index (χ4v) is 4.03. The van der Waals surface area contributed by atoms with E-state index in [0.717, 1.165) is 4.90 Å². The molecule has 8 N–H and O–H groups in total. The molecule has 46 heavy (non-hydrogen) atoms. The van der Waals surface area contributed by atoms with Gasteiger partial charge in [-0.3, -0.25) is 19.4 Å². The van der Waals surface area contributed by atoms with Crippen LogP contribution in [-0.2, 0) is 30.3 Å². The van der Waals surface area contributed by atoms with Crippen LogP contribution in [0.2, 0.25) is 0 Å². The Morgan fingerprint density at radius 2 is 1.65 bits per heavy atom. The summed E-state index contributed by atoms with van der Waals surface area (Å²) in [6, 6.07) is 1.09. The van der Waals surface area contributed by atoms with Gasteiger partial charge in [0.1, 0.15) is 30.0 Å². The van der Waals surface area contributed by atoms with Gasteiger partial charge >= 0.3 is 18.0 Å². The lowest BCUT2D eigenvalue weighted by atomic mass is 10.00. The minimum absolute atomic E-state index is 0.00176. The van der Waals surface area contributed by atoms with Crippen molar-refractivity contribution in [3.05, 3.63) is 39.9 Å². The summed E-state index contributed by atoms with van der Waals surface area (Å²) in [6.07, 6.45) is -1.41. The number of amides is 4. The molecule has 256 valence electrons. The van der Waals surface area contributed by atoms with E-state index >= 15 is 0 Å². The highest BCUT2D eigenvalue weighted by molar-refractivity contribution is 5.93. The predicted molar refractivity (Wildman–Crippen MR) is 165 cm³/mol. The molecule has 1 aromatic rings. The minimum Gasteiger partial charge on any atom is -0.508 e. The molecule has 0 saturated heterocycles. The molecular weight excluding hydrogens is 608 g/mol. The lowest BCUT2D eigenvalue weighted by Crippen LogP contribution is -2.60. The number of benzene rings is 1. The van der Waals surface area contributed by atoms with Gasteiger partial charge in [-0.15, -0.1) is 0 Å².